The molecule has 0 saturated carbocycles. The number of hydrogen-bond acceptors (Lipinski definition) is 3. The van der Waals surface area contributed by atoms with Gasteiger partial charge in [-0.3, -0.25) is 4.79 Å². The summed E-state index contributed by atoms with van der Waals surface area (Å²) in [5.41, 5.74) is 4.09. The molecule has 1 amide bonds. The summed E-state index contributed by atoms with van der Waals surface area (Å²) in [5.74, 6) is -0.977. The highest BCUT2D eigenvalue weighted by molar-refractivity contribution is 9.10. The SMILES string of the molecule is COc1c(Br)cc(C(N)=O)nc1C(F)F. The lowest BCUT2D eigenvalue weighted by Gasteiger charge is -2.09. The van der Waals surface area contributed by atoms with E-state index in [2.05, 4.69) is 20.9 Å². The molecule has 7 heteroatoms. The van der Waals surface area contributed by atoms with E-state index < -0.39 is 18.0 Å². The van der Waals surface area contributed by atoms with Gasteiger partial charge in [0.05, 0.1) is 11.6 Å². The molecule has 0 bridgehead atoms. The molecule has 1 rings (SSSR count). The number of carbonyl (C=O) groups is 1. The highest BCUT2D eigenvalue weighted by Crippen LogP contribution is 2.34. The minimum absolute atomic E-state index is 0.102. The molecule has 82 valence electrons. The van der Waals surface area contributed by atoms with Crippen LogP contribution in [0, 0.1) is 0 Å². The molecule has 0 atom stereocenters. The fourth-order valence-electron chi connectivity index (χ4n) is 0.997. The Hall–Kier alpha value is -1.24. The average molecular weight is 281 g/mol. The Kier molecular flexibility index (Phi) is 3.57. The van der Waals surface area contributed by atoms with E-state index in [-0.39, 0.29) is 15.9 Å². The summed E-state index contributed by atoms with van der Waals surface area (Å²) < 4.78 is 30.0. The highest BCUT2D eigenvalue weighted by atomic mass is 79.9. The van der Waals surface area contributed by atoms with E-state index in [1.165, 1.54) is 13.2 Å². The molecule has 0 fully saturated rings. The Morgan fingerprint density at radius 2 is 2.27 bits per heavy atom. The molecule has 0 aromatic carbocycles. The van der Waals surface area contributed by atoms with Gasteiger partial charge < -0.3 is 10.5 Å². The molecule has 2 N–H and O–H groups in total. The van der Waals surface area contributed by atoms with Gasteiger partial charge in [-0.2, -0.15) is 0 Å². The van der Waals surface area contributed by atoms with E-state index in [1.54, 1.807) is 0 Å². The fraction of sp³-hybridized carbons (Fsp3) is 0.250. The number of amides is 1. The number of carbonyl (C=O) groups excluding carboxylic acids is 1. The first-order valence-corrected chi connectivity index (χ1v) is 4.59. The number of ether oxygens (including phenoxy) is 1. The molecule has 1 aromatic heterocycles. The van der Waals surface area contributed by atoms with Crippen molar-refractivity contribution in [1.29, 1.82) is 0 Å². The van der Waals surface area contributed by atoms with Crippen LogP contribution in [-0.2, 0) is 0 Å². The standard InChI is InChI=1S/C8H7BrF2N2O2/c1-15-6-3(9)2-4(8(12)14)13-5(6)7(10)11/h2,7H,1H3,(H2,12,14). The molecule has 0 spiro atoms. The van der Waals surface area contributed by atoms with E-state index >= 15 is 0 Å². The van der Waals surface area contributed by atoms with Crippen LogP contribution in [0.2, 0.25) is 0 Å². The maximum atomic E-state index is 12.5. The van der Waals surface area contributed by atoms with Gasteiger partial charge in [-0.15, -0.1) is 0 Å². The van der Waals surface area contributed by atoms with Crippen molar-refractivity contribution in [3.63, 3.8) is 0 Å². The quantitative estimate of drug-likeness (QED) is 0.920. The van der Waals surface area contributed by atoms with E-state index in [9.17, 15) is 13.6 Å². The Morgan fingerprint density at radius 3 is 2.67 bits per heavy atom. The molecule has 1 aromatic rings. The predicted molar refractivity (Wildman–Crippen MR) is 52.0 cm³/mol. The second kappa shape index (κ2) is 4.52. The number of alkyl halides is 2. The van der Waals surface area contributed by atoms with Crippen LogP contribution in [0.5, 0.6) is 5.75 Å². The number of halogens is 3. The summed E-state index contributed by atoms with van der Waals surface area (Å²) in [6.45, 7) is 0. The number of hydrogen-bond donors (Lipinski definition) is 1. The Balaban J connectivity index is 3.38. The van der Waals surface area contributed by atoms with E-state index in [1.807, 2.05) is 0 Å². The van der Waals surface area contributed by atoms with Gasteiger partial charge in [-0.1, -0.05) is 0 Å². The summed E-state index contributed by atoms with van der Waals surface area (Å²) in [7, 11) is 1.23. The van der Waals surface area contributed by atoms with Gasteiger partial charge in [0.15, 0.2) is 11.4 Å². The second-order valence-corrected chi connectivity index (χ2v) is 3.43. The monoisotopic (exact) mass is 280 g/mol. The Morgan fingerprint density at radius 1 is 1.67 bits per heavy atom. The number of primary amides is 1. The average Bonchev–Trinajstić information content (AvgIpc) is 2.16. The van der Waals surface area contributed by atoms with Crippen LogP contribution in [0.25, 0.3) is 0 Å². The third kappa shape index (κ3) is 2.41. The minimum atomic E-state index is -2.84. The maximum Gasteiger partial charge on any atom is 0.284 e. The Labute approximate surface area is 92.6 Å². The molecule has 15 heavy (non-hydrogen) atoms. The van der Waals surface area contributed by atoms with Crippen LogP contribution in [0.4, 0.5) is 8.78 Å². The van der Waals surface area contributed by atoms with Crippen LogP contribution < -0.4 is 10.5 Å². The number of rotatable bonds is 3. The molecule has 1 heterocycles. The van der Waals surface area contributed by atoms with Crippen molar-refractivity contribution in [2.75, 3.05) is 7.11 Å². The first-order valence-electron chi connectivity index (χ1n) is 3.79. The number of nitrogens with zero attached hydrogens (tertiary/aromatic N) is 1. The summed E-state index contributed by atoms with van der Waals surface area (Å²) in [4.78, 5) is 14.2. The van der Waals surface area contributed by atoms with Crippen molar-refractivity contribution in [2.24, 2.45) is 5.73 Å². The second-order valence-electron chi connectivity index (χ2n) is 2.57. The molecule has 0 aliphatic heterocycles. The van der Waals surface area contributed by atoms with Gasteiger partial charge in [0.1, 0.15) is 5.69 Å². The van der Waals surface area contributed by atoms with Crippen LogP contribution in [-0.4, -0.2) is 18.0 Å². The number of nitrogens with two attached hydrogens (primary N) is 1. The van der Waals surface area contributed by atoms with Crippen LogP contribution in [0.15, 0.2) is 10.5 Å². The minimum Gasteiger partial charge on any atom is -0.493 e. The van der Waals surface area contributed by atoms with Gasteiger partial charge in [0.25, 0.3) is 12.3 Å². The van der Waals surface area contributed by atoms with Crippen molar-refractivity contribution in [1.82, 2.24) is 4.98 Å². The number of pyridine rings is 1. The molecule has 0 aliphatic carbocycles. The van der Waals surface area contributed by atoms with E-state index in [0.29, 0.717) is 0 Å². The summed E-state index contributed by atoms with van der Waals surface area (Å²) in [6, 6.07) is 1.23. The summed E-state index contributed by atoms with van der Waals surface area (Å²) in [5, 5.41) is 0. The van der Waals surface area contributed by atoms with Crippen LogP contribution in [0.3, 0.4) is 0 Å². The predicted octanol–water partition coefficient (Wildman–Crippen LogP) is 1.89. The molecule has 0 radical (unpaired) electrons. The largest absolute Gasteiger partial charge is 0.493 e. The third-order valence-electron chi connectivity index (χ3n) is 1.62. The van der Waals surface area contributed by atoms with E-state index in [4.69, 9.17) is 10.5 Å². The van der Waals surface area contributed by atoms with Gasteiger partial charge in [-0.25, -0.2) is 13.8 Å². The highest BCUT2D eigenvalue weighted by Gasteiger charge is 2.21. The number of aromatic nitrogens is 1. The smallest absolute Gasteiger partial charge is 0.284 e. The van der Waals surface area contributed by atoms with Gasteiger partial charge in [0, 0.05) is 0 Å². The third-order valence-corrected chi connectivity index (χ3v) is 2.21. The topological polar surface area (TPSA) is 65.2 Å². The van der Waals surface area contributed by atoms with Crippen LogP contribution in [0.1, 0.15) is 22.6 Å². The zero-order valence-electron chi connectivity index (χ0n) is 7.63. The normalized spacial score (nSPS) is 10.5. The van der Waals surface area contributed by atoms with Crippen molar-refractivity contribution < 1.29 is 18.3 Å². The lowest BCUT2D eigenvalue weighted by Crippen LogP contribution is -2.14. The molecule has 4 nitrogen and oxygen atoms in total. The van der Waals surface area contributed by atoms with Crippen molar-refractivity contribution in [3.8, 4) is 5.75 Å². The lowest BCUT2D eigenvalue weighted by atomic mass is 10.2. The molecule has 0 aliphatic rings. The van der Waals surface area contributed by atoms with Crippen LogP contribution >= 0.6 is 15.9 Å². The molecular weight excluding hydrogens is 274 g/mol. The fourth-order valence-corrected chi connectivity index (χ4v) is 1.58. The Bertz CT molecular complexity index is 398. The maximum absolute atomic E-state index is 12.5. The van der Waals surface area contributed by atoms with E-state index in [0.717, 1.165) is 0 Å². The summed E-state index contributed by atoms with van der Waals surface area (Å²) in [6.07, 6.45) is -2.84. The molecule has 0 unspecified atom stereocenters. The molecular formula is C8H7BrF2N2O2. The zero-order valence-corrected chi connectivity index (χ0v) is 9.22. The van der Waals surface area contributed by atoms with Crippen molar-refractivity contribution in [3.05, 3.63) is 21.9 Å². The lowest BCUT2D eigenvalue weighted by molar-refractivity contribution is 0.0992. The number of methoxy groups -OCH3 is 1. The molecule has 0 saturated heterocycles. The first kappa shape index (κ1) is 11.8. The van der Waals surface area contributed by atoms with Gasteiger partial charge >= 0.3 is 0 Å². The van der Waals surface area contributed by atoms with Crippen molar-refractivity contribution in [2.45, 2.75) is 6.43 Å². The van der Waals surface area contributed by atoms with Crippen molar-refractivity contribution >= 4 is 21.8 Å². The van der Waals surface area contributed by atoms with Gasteiger partial charge in [-0.05, 0) is 22.0 Å². The zero-order chi connectivity index (χ0) is 11.6. The first-order chi connectivity index (χ1) is 6.97. The van der Waals surface area contributed by atoms with Gasteiger partial charge in [0.2, 0.25) is 0 Å². The summed E-state index contributed by atoms with van der Waals surface area (Å²) >= 11 is 2.99.